The highest BCUT2D eigenvalue weighted by atomic mass is 35.5. The highest BCUT2D eigenvalue weighted by molar-refractivity contribution is 6.35. The lowest BCUT2D eigenvalue weighted by Crippen LogP contribution is -2.08. The average molecular weight is 301 g/mol. The van der Waals surface area contributed by atoms with Crippen LogP contribution in [0.1, 0.15) is 11.3 Å². The number of ether oxygens (including phenoxy) is 1. The molecule has 0 radical (unpaired) electrons. The Labute approximate surface area is 119 Å². The molecule has 0 saturated heterocycles. The molecule has 0 fully saturated rings. The maximum absolute atomic E-state index is 11.6. The first-order valence-electron chi connectivity index (χ1n) is 5.39. The number of benzene rings is 1. The number of rotatable bonds is 4. The van der Waals surface area contributed by atoms with Gasteiger partial charge in [0.2, 0.25) is 11.2 Å². The number of aliphatic hydroxyl groups is 1. The predicted octanol–water partition coefficient (Wildman–Crippen LogP) is 3.02. The molecule has 0 amide bonds. The van der Waals surface area contributed by atoms with Crippen LogP contribution in [0.25, 0.3) is 0 Å². The summed E-state index contributed by atoms with van der Waals surface area (Å²) in [6.07, 6.45) is 1.16. The molecule has 4 nitrogen and oxygen atoms in total. The summed E-state index contributed by atoms with van der Waals surface area (Å²) in [7, 11) is 0. The summed E-state index contributed by atoms with van der Waals surface area (Å²) in [6, 6.07) is 6.18. The van der Waals surface area contributed by atoms with Crippen molar-refractivity contribution in [3.8, 4) is 5.75 Å². The maximum Gasteiger partial charge on any atom is 0.227 e. The van der Waals surface area contributed by atoms with Crippen molar-refractivity contribution in [3.63, 3.8) is 0 Å². The summed E-state index contributed by atoms with van der Waals surface area (Å²) in [4.78, 5) is 11.6. The molecule has 2 aromatic rings. The third-order valence-corrected chi connectivity index (χ3v) is 2.99. The molecule has 0 aliphatic rings. The van der Waals surface area contributed by atoms with Crippen LogP contribution in [0.15, 0.2) is 39.7 Å². The first kappa shape index (κ1) is 13.9. The zero-order chi connectivity index (χ0) is 13.8. The van der Waals surface area contributed by atoms with Crippen LogP contribution in [0.5, 0.6) is 5.75 Å². The Morgan fingerprint density at radius 3 is 2.68 bits per heavy atom. The largest absolute Gasteiger partial charge is 0.482 e. The zero-order valence-electron chi connectivity index (χ0n) is 9.73. The summed E-state index contributed by atoms with van der Waals surface area (Å²) in [5.74, 6) is 0.241. The quantitative estimate of drug-likeness (QED) is 0.943. The van der Waals surface area contributed by atoms with E-state index in [0.717, 1.165) is 6.26 Å². The van der Waals surface area contributed by atoms with E-state index in [1.165, 1.54) is 6.07 Å². The van der Waals surface area contributed by atoms with Crippen molar-refractivity contribution in [3.05, 3.63) is 62.1 Å². The van der Waals surface area contributed by atoms with Gasteiger partial charge in [0.05, 0.1) is 0 Å². The lowest BCUT2D eigenvalue weighted by molar-refractivity contribution is 0.236. The molecule has 1 heterocycles. The summed E-state index contributed by atoms with van der Waals surface area (Å²) < 4.78 is 10.3. The molecule has 6 heteroatoms. The molecule has 0 aliphatic heterocycles. The van der Waals surface area contributed by atoms with E-state index >= 15 is 0 Å². The highest BCUT2D eigenvalue weighted by Gasteiger charge is 2.06. The minimum Gasteiger partial charge on any atom is -0.482 e. The van der Waals surface area contributed by atoms with E-state index in [0.29, 0.717) is 15.6 Å². The SMILES string of the molecule is O=c1cc(CO)occ1OCc1ccc(Cl)cc1Cl. The fraction of sp³-hybridized carbons (Fsp3) is 0.154. The van der Waals surface area contributed by atoms with E-state index in [-0.39, 0.29) is 30.2 Å². The monoisotopic (exact) mass is 300 g/mol. The van der Waals surface area contributed by atoms with Crippen LogP contribution >= 0.6 is 23.2 Å². The molecular weight excluding hydrogens is 291 g/mol. The number of hydrogen-bond acceptors (Lipinski definition) is 4. The first-order chi connectivity index (χ1) is 9.10. The van der Waals surface area contributed by atoms with Gasteiger partial charge in [0.1, 0.15) is 25.2 Å². The van der Waals surface area contributed by atoms with Gasteiger partial charge in [-0.05, 0) is 12.1 Å². The second-order valence-electron chi connectivity index (χ2n) is 3.76. The van der Waals surface area contributed by atoms with Gasteiger partial charge < -0.3 is 14.3 Å². The average Bonchev–Trinajstić information content (AvgIpc) is 2.39. The van der Waals surface area contributed by atoms with E-state index < -0.39 is 0 Å². The van der Waals surface area contributed by atoms with Gasteiger partial charge in [-0.15, -0.1) is 0 Å². The van der Waals surface area contributed by atoms with Gasteiger partial charge in [-0.25, -0.2) is 0 Å². The van der Waals surface area contributed by atoms with Gasteiger partial charge in [0, 0.05) is 21.7 Å². The summed E-state index contributed by atoms with van der Waals surface area (Å²) in [5.41, 5.74) is 0.345. The molecule has 0 atom stereocenters. The van der Waals surface area contributed by atoms with Crippen molar-refractivity contribution >= 4 is 23.2 Å². The van der Waals surface area contributed by atoms with Gasteiger partial charge in [-0.2, -0.15) is 0 Å². The van der Waals surface area contributed by atoms with E-state index in [1.807, 2.05) is 0 Å². The van der Waals surface area contributed by atoms with Crippen LogP contribution in [0.4, 0.5) is 0 Å². The Morgan fingerprint density at radius 2 is 2.05 bits per heavy atom. The Bertz CT molecular complexity index is 637. The summed E-state index contributed by atoms with van der Waals surface area (Å²) >= 11 is 11.8. The third kappa shape index (κ3) is 3.50. The molecule has 0 unspecified atom stereocenters. The van der Waals surface area contributed by atoms with Crippen LogP contribution in [-0.2, 0) is 13.2 Å². The molecule has 0 spiro atoms. The molecule has 100 valence electrons. The first-order valence-corrected chi connectivity index (χ1v) is 6.15. The molecular formula is C13H10Cl2O4. The Balaban J connectivity index is 2.12. The van der Waals surface area contributed by atoms with Crippen molar-refractivity contribution in [1.29, 1.82) is 0 Å². The maximum atomic E-state index is 11.6. The minimum atomic E-state index is -0.361. The molecule has 1 aromatic carbocycles. The molecule has 0 aliphatic carbocycles. The zero-order valence-corrected chi connectivity index (χ0v) is 11.2. The second-order valence-corrected chi connectivity index (χ2v) is 4.60. The van der Waals surface area contributed by atoms with Gasteiger partial charge in [-0.1, -0.05) is 29.3 Å². The van der Waals surface area contributed by atoms with E-state index in [4.69, 9.17) is 37.5 Å². The minimum absolute atomic E-state index is 0.0585. The van der Waals surface area contributed by atoms with Gasteiger partial charge >= 0.3 is 0 Å². The Hall–Kier alpha value is -1.49. The fourth-order valence-electron chi connectivity index (χ4n) is 1.42. The van der Waals surface area contributed by atoms with Crippen molar-refractivity contribution in [1.82, 2.24) is 0 Å². The van der Waals surface area contributed by atoms with Crippen LogP contribution < -0.4 is 10.2 Å². The number of hydrogen-bond donors (Lipinski definition) is 1. The normalized spacial score (nSPS) is 10.5. The standard InChI is InChI=1S/C13H10Cl2O4/c14-9-2-1-8(11(15)3-9)6-19-13-7-18-10(5-16)4-12(13)17/h1-4,7,16H,5-6H2. The summed E-state index contributed by atoms with van der Waals surface area (Å²) in [5, 5.41) is 9.81. The van der Waals surface area contributed by atoms with Gasteiger partial charge in [0.15, 0.2) is 0 Å². The Morgan fingerprint density at radius 1 is 1.26 bits per heavy atom. The topological polar surface area (TPSA) is 59.7 Å². The lowest BCUT2D eigenvalue weighted by Gasteiger charge is -2.07. The smallest absolute Gasteiger partial charge is 0.227 e. The van der Waals surface area contributed by atoms with Crippen molar-refractivity contribution in [2.24, 2.45) is 0 Å². The van der Waals surface area contributed by atoms with Crippen LogP contribution in [0.2, 0.25) is 10.0 Å². The van der Waals surface area contributed by atoms with E-state index in [1.54, 1.807) is 18.2 Å². The predicted molar refractivity (Wildman–Crippen MR) is 71.7 cm³/mol. The molecule has 2 rings (SSSR count). The summed E-state index contributed by atoms with van der Waals surface area (Å²) in [6.45, 7) is -0.211. The molecule has 1 N–H and O–H groups in total. The Kier molecular flexibility index (Phi) is 4.47. The highest BCUT2D eigenvalue weighted by Crippen LogP contribution is 2.22. The van der Waals surface area contributed by atoms with Crippen LogP contribution in [0.3, 0.4) is 0 Å². The van der Waals surface area contributed by atoms with E-state index in [9.17, 15) is 4.79 Å². The van der Waals surface area contributed by atoms with Crippen molar-refractivity contribution < 1.29 is 14.3 Å². The molecule has 0 bridgehead atoms. The number of halogens is 2. The van der Waals surface area contributed by atoms with Crippen molar-refractivity contribution in [2.45, 2.75) is 13.2 Å². The third-order valence-electron chi connectivity index (χ3n) is 2.41. The molecule has 1 aromatic heterocycles. The molecule has 19 heavy (non-hydrogen) atoms. The fourth-order valence-corrected chi connectivity index (χ4v) is 1.88. The van der Waals surface area contributed by atoms with Gasteiger partial charge in [0.25, 0.3) is 0 Å². The lowest BCUT2D eigenvalue weighted by atomic mass is 10.2. The molecule has 0 saturated carbocycles. The second kappa shape index (κ2) is 6.10. The van der Waals surface area contributed by atoms with Crippen LogP contribution in [-0.4, -0.2) is 5.11 Å². The van der Waals surface area contributed by atoms with Gasteiger partial charge in [-0.3, -0.25) is 4.79 Å². The van der Waals surface area contributed by atoms with Crippen LogP contribution in [0, 0.1) is 0 Å². The number of aliphatic hydroxyl groups excluding tert-OH is 1. The van der Waals surface area contributed by atoms with E-state index in [2.05, 4.69) is 0 Å². The van der Waals surface area contributed by atoms with Crippen molar-refractivity contribution in [2.75, 3.05) is 0 Å².